The van der Waals surface area contributed by atoms with Gasteiger partial charge in [-0.2, -0.15) is 0 Å². The summed E-state index contributed by atoms with van der Waals surface area (Å²) in [5.41, 5.74) is 3.03. The Bertz CT molecular complexity index is 281. The van der Waals surface area contributed by atoms with Crippen LogP contribution in [0.4, 0.5) is 5.82 Å². The minimum atomic E-state index is 0.235. The molecule has 1 aliphatic rings. The summed E-state index contributed by atoms with van der Waals surface area (Å²) >= 11 is 0. The van der Waals surface area contributed by atoms with E-state index in [1.807, 2.05) is 0 Å². The molecule has 0 bridgehead atoms. The second-order valence-electron chi connectivity index (χ2n) is 4.86. The predicted molar refractivity (Wildman–Crippen MR) is 56.3 cm³/mol. The van der Waals surface area contributed by atoms with E-state index in [1.165, 1.54) is 29.9 Å². The first kappa shape index (κ1) is 8.67. The second kappa shape index (κ2) is 2.79. The second-order valence-corrected chi connectivity index (χ2v) is 4.86. The molecule has 0 amide bonds. The van der Waals surface area contributed by atoms with Crippen LogP contribution in [-0.2, 0) is 11.8 Å². The number of fused-ring (bicyclic) bond motifs is 1. The fraction of sp³-hybridized carbons (Fsp3) is 0.636. The lowest BCUT2D eigenvalue weighted by Gasteiger charge is -2.16. The molecular weight excluding hydrogens is 160 g/mol. The molecule has 2 rings (SSSR count). The number of aryl methyl sites for hydroxylation is 1. The van der Waals surface area contributed by atoms with Gasteiger partial charge in [-0.05, 0) is 24.5 Å². The quantitative estimate of drug-likeness (QED) is 0.628. The molecule has 0 spiro atoms. The largest absolute Gasteiger partial charge is 0.371 e. The normalized spacial score (nSPS) is 16.5. The van der Waals surface area contributed by atoms with Crippen LogP contribution >= 0.6 is 0 Å². The molecule has 1 aliphatic heterocycles. The van der Waals surface area contributed by atoms with Gasteiger partial charge >= 0.3 is 0 Å². The van der Waals surface area contributed by atoms with Crippen molar-refractivity contribution in [1.29, 1.82) is 0 Å². The predicted octanol–water partition coefficient (Wildman–Crippen LogP) is 2.67. The number of aromatic amines is 1. The lowest BCUT2D eigenvalue weighted by Crippen LogP contribution is -2.12. The highest BCUT2D eigenvalue weighted by atomic mass is 15.0. The van der Waals surface area contributed by atoms with E-state index < -0.39 is 0 Å². The first-order chi connectivity index (χ1) is 6.07. The van der Waals surface area contributed by atoms with Gasteiger partial charge in [0.1, 0.15) is 5.82 Å². The molecule has 13 heavy (non-hydrogen) atoms. The van der Waals surface area contributed by atoms with Crippen molar-refractivity contribution in [1.82, 2.24) is 4.98 Å². The minimum Gasteiger partial charge on any atom is -0.371 e. The highest BCUT2D eigenvalue weighted by molar-refractivity contribution is 5.50. The lowest BCUT2D eigenvalue weighted by atomic mass is 9.92. The zero-order valence-corrected chi connectivity index (χ0v) is 8.70. The number of hydrogen-bond acceptors (Lipinski definition) is 1. The summed E-state index contributed by atoms with van der Waals surface area (Å²) in [7, 11) is 0. The molecule has 0 saturated carbocycles. The monoisotopic (exact) mass is 178 g/mol. The topological polar surface area (TPSA) is 27.8 Å². The summed E-state index contributed by atoms with van der Waals surface area (Å²) in [6.07, 6.45) is 2.48. The number of anilines is 1. The van der Waals surface area contributed by atoms with Gasteiger partial charge in [0.15, 0.2) is 0 Å². The number of aromatic nitrogens is 1. The number of nitrogens with one attached hydrogen (secondary N) is 2. The van der Waals surface area contributed by atoms with Crippen LogP contribution in [0.25, 0.3) is 0 Å². The van der Waals surface area contributed by atoms with E-state index in [0.717, 1.165) is 6.54 Å². The van der Waals surface area contributed by atoms with Crippen LogP contribution in [0.2, 0.25) is 0 Å². The van der Waals surface area contributed by atoms with Crippen LogP contribution in [0.3, 0.4) is 0 Å². The molecule has 2 heterocycles. The van der Waals surface area contributed by atoms with E-state index >= 15 is 0 Å². The zero-order chi connectivity index (χ0) is 9.47. The third-order valence-corrected chi connectivity index (χ3v) is 2.63. The lowest BCUT2D eigenvalue weighted by molar-refractivity contribution is 0.573. The van der Waals surface area contributed by atoms with Gasteiger partial charge in [0.05, 0.1) is 0 Å². The Hall–Kier alpha value is -0.920. The molecule has 0 fully saturated rings. The molecule has 0 atom stereocenters. The highest BCUT2D eigenvalue weighted by Crippen LogP contribution is 2.28. The van der Waals surface area contributed by atoms with Crippen molar-refractivity contribution in [3.63, 3.8) is 0 Å². The van der Waals surface area contributed by atoms with Crippen LogP contribution in [0.5, 0.6) is 0 Å². The van der Waals surface area contributed by atoms with Gasteiger partial charge in [-0.25, -0.2) is 0 Å². The molecule has 2 N–H and O–H groups in total. The van der Waals surface area contributed by atoms with Crippen molar-refractivity contribution in [3.05, 3.63) is 17.3 Å². The summed E-state index contributed by atoms with van der Waals surface area (Å²) in [5.74, 6) is 1.25. The average Bonchev–Trinajstić information content (AvgIpc) is 2.45. The molecule has 2 heteroatoms. The Balaban J connectivity index is 2.36. The van der Waals surface area contributed by atoms with Crippen molar-refractivity contribution >= 4 is 5.82 Å². The third kappa shape index (κ3) is 1.58. The average molecular weight is 178 g/mol. The maximum atomic E-state index is 3.46. The van der Waals surface area contributed by atoms with Gasteiger partial charge < -0.3 is 10.3 Å². The van der Waals surface area contributed by atoms with Crippen LogP contribution in [0.15, 0.2) is 6.07 Å². The number of rotatable bonds is 0. The van der Waals surface area contributed by atoms with E-state index in [9.17, 15) is 0 Å². The molecule has 1 aromatic heterocycles. The van der Waals surface area contributed by atoms with Crippen LogP contribution in [-0.4, -0.2) is 11.5 Å². The fourth-order valence-corrected chi connectivity index (χ4v) is 1.75. The van der Waals surface area contributed by atoms with Gasteiger partial charge in [-0.15, -0.1) is 0 Å². The van der Waals surface area contributed by atoms with E-state index in [1.54, 1.807) is 0 Å². The molecule has 0 aliphatic carbocycles. The van der Waals surface area contributed by atoms with Crippen LogP contribution < -0.4 is 5.32 Å². The first-order valence-electron chi connectivity index (χ1n) is 5.03. The van der Waals surface area contributed by atoms with Crippen LogP contribution in [0, 0.1) is 0 Å². The highest BCUT2D eigenvalue weighted by Gasteiger charge is 2.19. The summed E-state index contributed by atoms with van der Waals surface area (Å²) in [6, 6.07) is 2.31. The fourth-order valence-electron chi connectivity index (χ4n) is 1.75. The molecule has 0 radical (unpaired) electrons. The number of H-pyrrole nitrogens is 1. The van der Waals surface area contributed by atoms with Gasteiger partial charge in [-0.1, -0.05) is 20.8 Å². The summed E-state index contributed by atoms with van der Waals surface area (Å²) in [5, 5.41) is 3.40. The van der Waals surface area contributed by atoms with Crippen molar-refractivity contribution < 1.29 is 0 Å². The van der Waals surface area contributed by atoms with E-state index in [4.69, 9.17) is 0 Å². The molecule has 0 saturated heterocycles. The van der Waals surface area contributed by atoms with E-state index in [0.29, 0.717) is 0 Å². The Morgan fingerprint density at radius 2 is 2.08 bits per heavy atom. The van der Waals surface area contributed by atoms with Gasteiger partial charge in [0, 0.05) is 17.7 Å². The molecular formula is C11H18N2. The smallest absolute Gasteiger partial charge is 0.106 e. The van der Waals surface area contributed by atoms with E-state index in [2.05, 4.69) is 37.1 Å². The summed E-state index contributed by atoms with van der Waals surface area (Å²) < 4.78 is 0. The minimum absolute atomic E-state index is 0.235. The molecule has 72 valence electrons. The van der Waals surface area contributed by atoms with Gasteiger partial charge in [0.25, 0.3) is 0 Å². The standard InChI is InChI=1S/C11H18N2/c1-11(2,3)9-7-8-5-4-6-12-10(8)13-9/h7,12-13H,4-6H2,1-3H3. The Kier molecular flexibility index (Phi) is 1.86. The van der Waals surface area contributed by atoms with Crippen LogP contribution in [0.1, 0.15) is 38.4 Å². The third-order valence-electron chi connectivity index (χ3n) is 2.63. The van der Waals surface area contributed by atoms with E-state index in [-0.39, 0.29) is 5.41 Å². The number of hydrogen-bond donors (Lipinski definition) is 2. The Morgan fingerprint density at radius 1 is 1.31 bits per heavy atom. The van der Waals surface area contributed by atoms with Crippen molar-refractivity contribution in [2.75, 3.05) is 11.9 Å². The maximum absolute atomic E-state index is 3.46. The summed E-state index contributed by atoms with van der Waals surface area (Å²) in [4.78, 5) is 3.46. The summed E-state index contributed by atoms with van der Waals surface area (Å²) in [6.45, 7) is 7.83. The first-order valence-corrected chi connectivity index (χ1v) is 5.03. The maximum Gasteiger partial charge on any atom is 0.106 e. The molecule has 2 nitrogen and oxygen atoms in total. The Morgan fingerprint density at radius 3 is 2.69 bits per heavy atom. The van der Waals surface area contributed by atoms with Gasteiger partial charge in [-0.3, -0.25) is 0 Å². The van der Waals surface area contributed by atoms with Crippen molar-refractivity contribution in [2.24, 2.45) is 0 Å². The zero-order valence-electron chi connectivity index (χ0n) is 8.70. The van der Waals surface area contributed by atoms with Crippen molar-refractivity contribution in [2.45, 2.75) is 39.0 Å². The Labute approximate surface area is 79.7 Å². The van der Waals surface area contributed by atoms with Gasteiger partial charge in [0.2, 0.25) is 0 Å². The molecule has 0 aromatic carbocycles. The molecule has 0 unspecified atom stereocenters. The SMILES string of the molecule is CC(C)(C)c1cc2c([nH]1)NCCC2. The van der Waals surface area contributed by atoms with Crippen molar-refractivity contribution in [3.8, 4) is 0 Å². The molecule has 1 aromatic rings.